The van der Waals surface area contributed by atoms with Crippen LogP contribution in [0.25, 0.3) is 0 Å². The highest BCUT2D eigenvalue weighted by molar-refractivity contribution is 7.96. The third-order valence-corrected chi connectivity index (χ3v) is 11.6. The molecule has 2 heterocycles. The van der Waals surface area contributed by atoms with Crippen LogP contribution in [0.4, 0.5) is 11.4 Å². The molecule has 3 aliphatic rings. The van der Waals surface area contributed by atoms with Crippen LogP contribution in [0.1, 0.15) is 110 Å². The van der Waals surface area contributed by atoms with E-state index < -0.39 is 5.97 Å². The molecule has 5 rings (SSSR count). The van der Waals surface area contributed by atoms with E-state index in [9.17, 15) is 14.7 Å². The summed E-state index contributed by atoms with van der Waals surface area (Å²) in [5.74, 6) is -1.04. The molecule has 0 aromatic heterocycles. The molecule has 0 fully saturated rings. The summed E-state index contributed by atoms with van der Waals surface area (Å²) in [5, 5.41) is 10.1. The van der Waals surface area contributed by atoms with Crippen LogP contribution in [-0.2, 0) is 20.4 Å². The van der Waals surface area contributed by atoms with E-state index in [-0.39, 0.29) is 21.9 Å². The Labute approximate surface area is 309 Å². The Morgan fingerprint density at radius 1 is 0.920 bits per heavy atom. The molecule has 5 nitrogen and oxygen atoms in total. The number of hydrogen-bond donors (Lipinski definition) is 2. The van der Waals surface area contributed by atoms with Gasteiger partial charge in [-0.3, -0.25) is 9.59 Å². The second-order valence-corrected chi connectivity index (χ2v) is 16.1. The molecule has 2 aromatic carbocycles. The maximum absolute atomic E-state index is 11.3. The molecule has 7 heteroatoms. The topological polar surface area (TPSA) is 60.6 Å². The van der Waals surface area contributed by atoms with Crippen molar-refractivity contribution in [3.63, 3.8) is 0 Å². The van der Waals surface area contributed by atoms with Crippen LogP contribution >= 0.6 is 24.2 Å². The first kappa shape index (κ1) is 37.9. The predicted molar refractivity (Wildman–Crippen MR) is 211 cm³/mol. The lowest BCUT2D eigenvalue weighted by Gasteiger charge is -2.27. The Kier molecular flexibility index (Phi) is 12.4. The third-order valence-electron chi connectivity index (χ3n) is 10.9. The van der Waals surface area contributed by atoms with Gasteiger partial charge in [0.05, 0.1) is 11.3 Å². The second kappa shape index (κ2) is 16.3. The number of halogens is 1. The minimum absolute atomic E-state index is 0.0379. The molecular formula is C43H54ClN2O3S+. The first-order chi connectivity index (χ1) is 23.8. The fourth-order valence-corrected chi connectivity index (χ4v) is 8.37. The van der Waals surface area contributed by atoms with Crippen LogP contribution in [-0.4, -0.2) is 39.6 Å². The van der Waals surface area contributed by atoms with Gasteiger partial charge in [-0.25, -0.2) is 0 Å². The minimum atomic E-state index is -0.723. The number of thiol groups is 1. The summed E-state index contributed by atoms with van der Waals surface area (Å²) >= 11 is 11.2. The summed E-state index contributed by atoms with van der Waals surface area (Å²) in [6.07, 6.45) is 17.9. The van der Waals surface area contributed by atoms with E-state index >= 15 is 0 Å². The highest BCUT2D eigenvalue weighted by Crippen LogP contribution is 2.48. The summed E-state index contributed by atoms with van der Waals surface area (Å²) < 4.78 is 2.46. The number of unbranched alkanes of at least 4 members (excludes halogenated alkanes) is 3. The number of nitrogens with zero attached hydrogens (tertiary/aromatic N) is 2. The molecular weight excluding hydrogens is 660 g/mol. The smallest absolute Gasteiger partial charge is 0.306 e. The number of carboxylic acids is 1. The summed E-state index contributed by atoms with van der Waals surface area (Å²) in [7, 11) is 0. The molecule has 1 atom stereocenters. The van der Waals surface area contributed by atoms with E-state index in [1.807, 2.05) is 0 Å². The van der Waals surface area contributed by atoms with Crippen molar-refractivity contribution in [2.24, 2.45) is 5.92 Å². The van der Waals surface area contributed by atoms with Gasteiger partial charge in [-0.1, -0.05) is 87.3 Å². The van der Waals surface area contributed by atoms with Gasteiger partial charge in [0.15, 0.2) is 10.8 Å². The number of fused-ring (bicyclic) bond motifs is 2. The fraction of sp³-hybridized carbons (Fsp3) is 0.465. The summed E-state index contributed by atoms with van der Waals surface area (Å²) in [6, 6.07) is 17.4. The zero-order valence-electron chi connectivity index (χ0n) is 30.5. The van der Waals surface area contributed by atoms with Crippen LogP contribution in [0.5, 0.6) is 0 Å². The van der Waals surface area contributed by atoms with Gasteiger partial charge in [-0.2, -0.15) is 4.58 Å². The van der Waals surface area contributed by atoms with Crippen molar-refractivity contribution < 1.29 is 19.3 Å². The van der Waals surface area contributed by atoms with Crippen LogP contribution in [0, 0.1) is 5.92 Å². The number of carboxylic acid groups (broad SMARTS) is 1. The van der Waals surface area contributed by atoms with E-state index in [4.69, 9.17) is 11.6 Å². The normalized spacial score (nSPS) is 20.3. The number of rotatable bonds is 15. The summed E-state index contributed by atoms with van der Waals surface area (Å²) in [6.45, 7) is 12.7. The predicted octanol–water partition coefficient (Wildman–Crippen LogP) is 10.8. The molecule has 2 aliphatic heterocycles. The molecule has 0 bridgehead atoms. The Morgan fingerprint density at radius 3 is 2.38 bits per heavy atom. The van der Waals surface area contributed by atoms with E-state index in [1.54, 1.807) is 6.92 Å². The summed E-state index contributed by atoms with van der Waals surface area (Å²) in [4.78, 5) is 25.1. The van der Waals surface area contributed by atoms with E-state index in [0.29, 0.717) is 12.8 Å². The van der Waals surface area contributed by atoms with E-state index in [1.165, 1.54) is 45.1 Å². The number of anilines is 1. The Bertz CT molecular complexity index is 1760. The van der Waals surface area contributed by atoms with Gasteiger partial charge in [-0.15, -0.1) is 12.6 Å². The van der Waals surface area contributed by atoms with Gasteiger partial charge in [0, 0.05) is 58.9 Å². The molecule has 266 valence electrons. The van der Waals surface area contributed by atoms with Gasteiger partial charge in [0.2, 0.25) is 5.69 Å². The standard InChI is InChI=1S/C43H53ClN2O3S/c1-30(41(48)49)16-12-14-29-46-36-22-11-9-20-34(36)43(4,5)38(46)27-25-32-18-15-17-31(40(32)44)24-26-37-42(2,3)33-19-8-10-21-35(33)45(37)28-13-6-7-23-39(47)50/h8-11,19-22,24-27,30H,6-7,12-18,23,28-29H2,1-5H3,(H-,47,48,49,50)/p+1/t30-/m0/s1. The van der Waals surface area contributed by atoms with E-state index in [0.717, 1.165) is 69.5 Å². The molecule has 0 amide bonds. The SMILES string of the molecule is C[C@@H](CCCCN1/C(=C\C=C2/CCCC(/C=C/C3=[N+](CCCCCC(=O)S)c4ccccc4C3(C)C)=C2Cl)C(C)(C)c2ccccc21)C(=O)O. The highest BCUT2D eigenvalue weighted by Gasteiger charge is 2.44. The molecule has 1 aliphatic carbocycles. The van der Waals surface area contributed by atoms with Crippen molar-refractivity contribution in [1.82, 2.24) is 0 Å². The van der Waals surface area contributed by atoms with Crippen LogP contribution in [0.3, 0.4) is 0 Å². The number of hydrogen-bond acceptors (Lipinski definition) is 3. The number of aliphatic carboxylic acids is 1. The lowest BCUT2D eigenvalue weighted by atomic mass is 9.81. The van der Waals surface area contributed by atoms with E-state index in [2.05, 4.69) is 123 Å². The van der Waals surface area contributed by atoms with Crippen molar-refractivity contribution in [3.05, 3.63) is 106 Å². The lowest BCUT2D eigenvalue weighted by molar-refractivity contribution is -0.438. The van der Waals surface area contributed by atoms with Gasteiger partial charge in [0.25, 0.3) is 0 Å². The second-order valence-electron chi connectivity index (χ2n) is 15.2. The van der Waals surface area contributed by atoms with Crippen LogP contribution in [0.15, 0.2) is 94.7 Å². The number of benzene rings is 2. The van der Waals surface area contributed by atoms with Crippen molar-refractivity contribution in [3.8, 4) is 0 Å². The van der Waals surface area contributed by atoms with Crippen LogP contribution < -0.4 is 4.90 Å². The Balaban J connectivity index is 1.41. The largest absolute Gasteiger partial charge is 0.481 e. The van der Waals surface area contributed by atoms with Gasteiger partial charge >= 0.3 is 5.97 Å². The molecule has 0 radical (unpaired) electrons. The average molecular weight is 714 g/mol. The van der Waals surface area contributed by atoms with Crippen molar-refractivity contribution in [2.45, 2.75) is 110 Å². The van der Waals surface area contributed by atoms with Crippen LogP contribution in [0.2, 0.25) is 0 Å². The average Bonchev–Trinajstić information content (AvgIpc) is 3.43. The first-order valence-corrected chi connectivity index (χ1v) is 19.2. The van der Waals surface area contributed by atoms with Gasteiger partial charge in [0.1, 0.15) is 6.54 Å². The lowest BCUT2D eigenvalue weighted by Crippen LogP contribution is -2.28. The molecule has 50 heavy (non-hydrogen) atoms. The summed E-state index contributed by atoms with van der Waals surface area (Å²) in [5.41, 5.74) is 9.71. The number of carbonyl (C=O) groups excluding carboxylic acids is 1. The molecule has 2 aromatic rings. The molecule has 0 unspecified atom stereocenters. The molecule has 1 N–H and O–H groups in total. The zero-order chi connectivity index (χ0) is 36.1. The number of para-hydroxylation sites is 2. The van der Waals surface area contributed by atoms with Crippen molar-refractivity contribution in [2.75, 3.05) is 18.0 Å². The fourth-order valence-electron chi connectivity index (χ4n) is 7.90. The molecule has 0 saturated carbocycles. The number of carbonyl (C=O) groups is 2. The van der Waals surface area contributed by atoms with Crippen molar-refractivity contribution in [1.29, 1.82) is 0 Å². The third kappa shape index (κ3) is 8.23. The monoisotopic (exact) mass is 713 g/mol. The quantitative estimate of drug-likeness (QED) is 0.110. The zero-order valence-corrected chi connectivity index (χ0v) is 32.1. The minimum Gasteiger partial charge on any atom is -0.481 e. The van der Waals surface area contributed by atoms with Crippen molar-refractivity contribution >= 4 is 52.4 Å². The highest BCUT2D eigenvalue weighted by atomic mass is 35.5. The molecule has 0 spiro atoms. The van der Waals surface area contributed by atoms with Gasteiger partial charge < -0.3 is 10.0 Å². The Morgan fingerprint density at radius 2 is 1.64 bits per heavy atom. The molecule has 0 saturated heterocycles. The Hall–Kier alpha value is -3.35. The maximum atomic E-state index is 11.3. The first-order valence-electron chi connectivity index (χ1n) is 18.4. The maximum Gasteiger partial charge on any atom is 0.306 e. The van der Waals surface area contributed by atoms with Gasteiger partial charge in [-0.05, 0) is 87.6 Å². The number of allylic oxidation sites excluding steroid dienone is 8.